The van der Waals surface area contributed by atoms with Crippen LogP contribution in [0, 0.1) is 12.8 Å². The number of ether oxygens (including phenoxy) is 2. The van der Waals surface area contributed by atoms with E-state index in [-0.39, 0.29) is 35.7 Å². The second kappa shape index (κ2) is 14.5. The molecule has 12 nitrogen and oxygen atoms in total. The minimum atomic E-state index is -0.814. The summed E-state index contributed by atoms with van der Waals surface area (Å²) in [5.74, 6) is -0.478. The monoisotopic (exact) mass is 629 g/mol. The van der Waals surface area contributed by atoms with Gasteiger partial charge in [0.25, 0.3) is 11.8 Å². The Labute approximate surface area is 266 Å². The van der Waals surface area contributed by atoms with E-state index in [0.717, 1.165) is 12.0 Å². The smallest absolute Gasteiger partial charge is 0.410 e. The molecule has 0 spiro atoms. The van der Waals surface area contributed by atoms with Crippen molar-refractivity contribution < 1.29 is 33.4 Å². The molecule has 5 amide bonds. The van der Waals surface area contributed by atoms with E-state index < -0.39 is 29.4 Å². The zero-order valence-electron chi connectivity index (χ0n) is 28.2. The highest BCUT2D eigenvalue weighted by atomic mass is 16.6. The average molecular weight is 630 g/mol. The van der Waals surface area contributed by atoms with Gasteiger partial charge in [-0.15, -0.1) is 0 Å². The maximum absolute atomic E-state index is 13.5. The van der Waals surface area contributed by atoms with Crippen molar-refractivity contribution in [1.82, 2.24) is 25.8 Å². The Bertz CT molecular complexity index is 1270. The van der Waals surface area contributed by atoms with Crippen LogP contribution in [-0.2, 0) is 14.3 Å². The van der Waals surface area contributed by atoms with Gasteiger partial charge < -0.3 is 35.2 Å². The second-order valence-electron chi connectivity index (χ2n) is 14.2. The van der Waals surface area contributed by atoms with Gasteiger partial charge in [0.05, 0.1) is 0 Å². The average Bonchev–Trinajstić information content (AvgIpc) is 3.52. The number of nitrogens with one attached hydrogen (secondary N) is 3. The number of unbranched alkanes of at least 4 members (excludes halogenated alkanes) is 1. The molecule has 1 saturated heterocycles. The van der Waals surface area contributed by atoms with Crippen LogP contribution in [0.15, 0.2) is 18.2 Å². The molecule has 12 heteroatoms. The third-order valence-electron chi connectivity index (χ3n) is 8.02. The molecule has 1 aliphatic carbocycles. The maximum Gasteiger partial charge on any atom is 0.410 e. The third-order valence-corrected chi connectivity index (χ3v) is 8.02. The van der Waals surface area contributed by atoms with Crippen LogP contribution in [0.4, 0.5) is 9.59 Å². The topological polar surface area (TPSA) is 146 Å². The van der Waals surface area contributed by atoms with Gasteiger partial charge in [-0.1, -0.05) is 0 Å². The van der Waals surface area contributed by atoms with Crippen LogP contribution in [0.3, 0.4) is 0 Å². The summed E-state index contributed by atoms with van der Waals surface area (Å²) in [6.45, 7) is 13.5. The van der Waals surface area contributed by atoms with Gasteiger partial charge in [0.15, 0.2) is 0 Å². The fourth-order valence-corrected chi connectivity index (χ4v) is 5.86. The highest BCUT2D eigenvalue weighted by Gasteiger charge is 2.47. The molecule has 0 aromatic heterocycles. The van der Waals surface area contributed by atoms with E-state index >= 15 is 0 Å². The van der Waals surface area contributed by atoms with Crippen LogP contribution in [-0.4, -0.2) is 96.2 Å². The zero-order valence-corrected chi connectivity index (χ0v) is 28.2. The minimum Gasteiger partial charge on any atom is -0.444 e. The Hall–Kier alpha value is -3.83. The number of hydrogen-bond acceptors (Lipinski definition) is 7. The van der Waals surface area contributed by atoms with Gasteiger partial charge in [0.1, 0.15) is 17.2 Å². The molecule has 250 valence electrons. The first-order chi connectivity index (χ1) is 20.9. The number of rotatable bonds is 10. The fraction of sp³-hybridized carbons (Fsp3) is 0.667. The summed E-state index contributed by atoms with van der Waals surface area (Å²) in [7, 11) is 3.24. The van der Waals surface area contributed by atoms with E-state index in [1.807, 2.05) is 32.6 Å². The first-order valence-electron chi connectivity index (χ1n) is 15.8. The molecule has 1 heterocycles. The van der Waals surface area contributed by atoms with Gasteiger partial charge in [0, 0.05) is 50.4 Å². The van der Waals surface area contributed by atoms with Gasteiger partial charge in [-0.3, -0.25) is 14.4 Å². The van der Waals surface area contributed by atoms with Crippen molar-refractivity contribution in [2.75, 3.05) is 27.2 Å². The van der Waals surface area contributed by atoms with Crippen LogP contribution < -0.4 is 16.0 Å². The van der Waals surface area contributed by atoms with Crippen molar-refractivity contribution in [1.29, 1.82) is 0 Å². The van der Waals surface area contributed by atoms with E-state index in [2.05, 4.69) is 16.0 Å². The molecule has 1 saturated carbocycles. The van der Waals surface area contributed by atoms with Crippen LogP contribution >= 0.6 is 0 Å². The zero-order chi connectivity index (χ0) is 33.7. The predicted molar refractivity (Wildman–Crippen MR) is 170 cm³/mol. The van der Waals surface area contributed by atoms with Crippen molar-refractivity contribution >= 4 is 29.9 Å². The highest BCUT2D eigenvalue weighted by molar-refractivity contribution is 5.99. The summed E-state index contributed by atoms with van der Waals surface area (Å²) in [6.07, 6.45) is 1.89. The van der Waals surface area contributed by atoms with Crippen molar-refractivity contribution in [2.24, 2.45) is 5.92 Å². The van der Waals surface area contributed by atoms with Gasteiger partial charge in [-0.05, 0) is 110 Å². The standard InChI is InChI=1S/C33H51N5O7/c1-20-16-21(13-14-24(20)27(39)34-8)29(41)38-19-22-17-23(38)18-26(22)35-28(40)25(36-30(42)44-32(2,3)4)12-10-11-15-37(9)31(43)45-33(5,6)7/h13-14,16,22-23,25-26H,10-12,15,17-19H2,1-9H3,(H,34,39)(H,35,40)(H,36,42)/t22?,23?,25-,26?/m0/s1. The van der Waals surface area contributed by atoms with E-state index in [0.29, 0.717) is 49.9 Å². The van der Waals surface area contributed by atoms with E-state index in [1.165, 1.54) is 4.90 Å². The molecule has 0 radical (unpaired) electrons. The molecule has 2 bridgehead atoms. The van der Waals surface area contributed by atoms with Crippen molar-refractivity contribution in [3.8, 4) is 0 Å². The Morgan fingerprint density at radius 3 is 2.22 bits per heavy atom. The van der Waals surface area contributed by atoms with Crippen LogP contribution in [0.1, 0.15) is 99.9 Å². The van der Waals surface area contributed by atoms with Crippen LogP contribution in [0.25, 0.3) is 0 Å². The summed E-state index contributed by atoms with van der Waals surface area (Å²) in [5.41, 5.74) is 0.489. The molecule has 3 rings (SSSR count). The lowest BCUT2D eigenvalue weighted by molar-refractivity contribution is -0.124. The number of benzene rings is 1. The summed E-state index contributed by atoms with van der Waals surface area (Å²) in [4.78, 5) is 67.1. The molecule has 2 aliphatic rings. The number of carbonyl (C=O) groups excluding carboxylic acids is 5. The third kappa shape index (κ3) is 10.1. The van der Waals surface area contributed by atoms with Crippen molar-refractivity contribution in [3.63, 3.8) is 0 Å². The predicted octanol–water partition coefficient (Wildman–Crippen LogP) is 4.00. The first-order valence-corrected chi connectivity index (χ1v) is 15.8. The maximum atomic E-state index is 13.5. The number of aryl methyl sites for hydroxylation is 1. The van der Waals surface area contributed by atoms with Gasteiger partial charge in [-0.25, -0.2) is 9.59 Å². The number of fused-ring (bicyclic) bond motifs is 2. The molecule has 1 aliphatic heterocycles. The number of hydrogen-bond donors (Lipinski definition) is 3. The fourth-order valence-electron chi connectivity index (χ4n) is 5.86. The molecule has 1 aromatic rings. The van der Waals surface area contributed by atoms with E-state index in [4.69, 9.17) is 9.47 Å². The van der Waals surface area contributed by atoms with E-state index in [9.17, 15) is 24.0 Å². The lowest BCUT2D eigenvalue weighted by Gasteiger charge is -2.33. The number of carbonyl (C=O) groups is 5. The molecular weight excluding hydrogens is 578 g/mol. The number of amides is 5. The lowest BCUT2D eigenvalue weighted by atomic mass is 10.00. The molecule has 45 heavy (non-hydrogen) atoms. The SMILES string of the molecule is CNC(=O)c1ccc(C(=O)N2CC3CC2CC3NC(=O)[C@H](CCCCN(C)C(=O)OC(C)(C)C)NC(=O)OC(C)(C)C)cc1C. The second-order valence-corrected chi connectivity index (χ2v) is 14.2. The summed E-state index contributed by atoms with van der Waals surface area (Å²) < 4.78 is 10.8. The van der Waals surface area contributed by atoms with Crippen molar-refractivity contribution in [3.05, 3.63) is 34.9 Å². The molecule has 2 fully saturated rings. The Morgan fingerprint density at radius 1 is 1.00 bits per heavy atom. The summed E-state index contributed by atoms with van der Waals surface area (Å²) >= 11 is 0. The van der Waals surface area contributed by atoms with Gasteiger partial charge in [-0.2, -0.15) is 0 Å². The van der Waals surface area contributed by atoms with Crippen LogP contribution in [0.2, 0.25) is 0 Å². The summed E-state index contributed by atoms with van der Waals surface area (Å²) in [5, 5.41) is 8.47. The first kappa shape index (κ1) is 35.6. The summed E-state index contributed by atoms with van der Waals surface area (Å²) in [6, 6.07) is 4.16. The number of nitrogens with zero attached hydrogens (tertiary/aromatic N) is 2. The highest BCUT2D eigenvalue weighted by Crippen LogP contribution is 2.39. The number of alkyl carbamates (subject to hydrolysis) is 1. The normalized spacial score (nSPS) is 19.8. The minimum absolute atomic E-state index is 0.00706. The molecular formula is C33H51N5O7. The molecule has 3 N–H and O–H groups in total. The Balaban J connectivity index is 1.58. The Kier molecular flexibility index (Phi) is 11.5. The number of piperidine rings is 1. The Morgan fingerprint density at radius 2 is 1.67 bits per heavy atom. The lowest BCUT2D eigenvalue weighted by Crippen LogP contribution is -2.53. The van der Waals surface area contributed by atoms with E-state index in [1.54, 1.807) is 53.1 Å². The molecule has 4 atom stereocenters. The molecule has 3 unspecified atom stereocenters. The number of likely N-dealkylation sites (tertiary alicyclic amines) is 1. The quantitative estimate of drug-likeness (QED) is 0.332. The van der Waals surface area contributed by atoms with Crippen LogP contribution in [0.5, 0.6) is 0 Å². The van der Waals surface area contributed by atoms with Gasteiger partial charge >= 0.3 is 12.2 Å². The van der Waals surface area contributed by atoms with Gasteiger partial charge in [0.2, 0.25) is 5.91 Å². The molecule has 1 aromatic carbocycles. The largest absolute Gasteiger partial charge is 0.444 e. The van der Waals surface area contributed by atoms with Crippen molar-refractivity contribution in [2.45, 2.75) is 110 Å².